The van der Waals surface area contributed by atoms with Crippen molar-refractivity contribution >= 4 is 0 Å². The molecule has 1 aliphatic rings. The molecule has 8 heavy (non-hydrogen) atoms. The Morgan fingerprint density at radius 1 is 1.62 bits per heavy atom. The maximum absolute atomic E-state index is 3.67. The average Bonchev–Trinajstić information content (AvgIpc) is 1.90. The van der Waals surface area contributed by atoms with Gasteiger partial charge in [0.15, 0.2) is 0 Å². The highest BCUT2D eigenvalue weighted by Gasteiger charge is 2.01. The molecule has 0 saturated carbocycles. The van der Waals surface area contributed by atoms with Gasteiger partial charge in [0.1, 0.15) is 0 Å². The summed E-state index contributed by atoms with van der Waals surface area (Å²) in [6.45, 7) is 6.97. The Kier molecular flexibility index (Phi) is 1.92. The Morgan fingerprint density at radius 2 is 2.50 bits per heavy atom. The molecule has 1 N–H and O–H groups in total. The van der Waals surface area contributed by atoms with Gasteiger partial charge in [-0.2, -0.15) is 0 Å². The van der Waals surface area contributed by atoms with Gasteiger partial charge in [0.25, 0.3) is 0 Å². The average molecular weight is 112 g/mol. The standard InChI is InChI=1S/C6H12N2/c1-2-8-5-3-4-7-6-8/h2,7H,1,3-6H2. The molecule has 0 radical (unpaired) electrons. The zero-order valence-corrected chi connectivity index (χ0v) is 5.06. The molecular formula is C6H12N2. The predicted octanol–water partition coefficient (Wildman–Crippen LogP) is 0.383. The van der Waals surface area contributed by atoms with Gasteiger partial charge in [-0.3, -0.25) is 5.32 Å². The van der Waals surface area contributed by atoms with E-state index >= 15 is 0 Å². The summed E-state index contributed by atoms with van der Waals surface area (Å²) in [5.74, 6) is 0. The molecule has 0 spiro atoms. The van der Waals surface area contributed by atoms with Gasteiger partial charge < -0.3 is 4.90 Å². The van der Waals surface area contributed by atoms with Crippen molar-refractivity contribution in [3.05, 3.63) is 12.8 Å². The third-order valence-electron chi connectivity index (χ3n) is 1.37. The van der Waals surface area contributed by atoms with Crippen LogP contribution in [0.1, 0.15) is 6.42 Å². The van der Waals surface area contributed by atoms with Gasteiger partial charge in [-0.05, 0) is 19.2 Å². The van der Waals surface area contributed by atoms with Crippen LogP contribution in [0.15, 0.2) is 12.8 Å². The first kappa shape index (κ1) is 5.63. The van der Waals surface area contributed by atoms with Gasteiger partial charge in [0.2, 0.25) is 0 Å². The topological polar surface area (TPSA) is 15.3 Å². The van der Waals surface area contributed by atoms with Crippen LogP contribution in [-0.4, -0.2) is 24.7 Å². The van der Waals surface area contributed by atoms with E-state index in [4.69, 9.17) is 0 Å². The summed E-state index contributed by atoms with van der Waals surface area (Å²) in [6.07, 6.45) is 3.12. The molecule has 1 saturated heterocycles. The van der Waals surface area contributed by atoms with Crippen LogP contribution < -0.4 is 5.32 Å². The van der Waals surface area contributed by atoms with Gasteiger partial charge in [-0.1, -0.05) is 6.58 Å². The van der Waals surface area contributed by atoms with Crippen molar-refractivity contribution in [2.75, 3.05) is 19.8 Å². The van der Waals surface area contributed by atoms with E-state index in [9.17, 15) is 0 Å². The SMILES string of the molecule is C=CN1CCCNC1. The van der Waals surface area contributed by atoms with Crippen LogP contribution in [0.5, 0.6) is 0 Å². The largest absolute Gasteiger partial charge is 0.365 e. The van der Waals surface area contributed by atoms with Gasteiger partial charge in [-0.25, -0.2) is 0 Å². The Morgan fingerprint density at radius 3 is 2.88 bits per heavy atom. The highest BCUT2D eigenvalue weighted by Crippen LogP contribution is 1.93. The molecular weight excluding hydrogens is 100 g/mol. The predicted molar refractivity (Wildman–Crippen MR) is 34.4 cm³/mol. The van der Waals surface area contributed by atoms with E-state index in [1.807, 2.05) is 6.20 Å². The summed E-state index contributed by atoms with van der Waals surface area (Å²) in [5.41, 5.74) is 0. The monoisotopic (exact) mass is 112 g/mol. The fourth-order valence-electron chi connectivity index (χ4n) is 0.865. The van der Waals surface area contributed by atoms with E-state index in [1.165, 1.54) is 6.42 Å². The molecule has 2 heteroatoms. The molecule has 1 rings (SSSR count). The van der Waals surface area contributed by atoms with Crippen LogP contribution in [0.4, 0.5) is 0 Å². The van der Waals surface area contributed by atoms with Crippen LogP contribution in [0, 0.1) is 0 Å². The first-order valence-electron chi connectivity index (χ1n) is 3.01. The van der Waals surface area contributed by atoms with Gasteiger partial charge in [0.05, 0.1) is 6.67 Å². The second-order valence-electron chi connectivity index (χ2n) is 2.01. The van der Waals surface area contributed by atoms with Gasteiger partial charge in [-0.15, -0.1) is 0 Å². The number of hydrogen-bond acceptors (Lipinski definition) is 2. The second-order valence-corrected chi connectivity index (χ2v) is 2.01. The number of nitrogens with one attached hydrogen (secondary N) is 1. The highest BCUT2D eigenvalue weighted by atomic mass is 15.2. The molecule has 0 bridgehead atoms. The zero-order chi connectivity index (χ0) is 5.82. The maximum atomic E-state index is 3.67. The normalized spacial score (nSPS) is 20.8. The zero-order valence-electron chi connectivity index (χ0n) is 5.06. The van der Waals surface area contributed by atoms with Crippen LogP contribution in [-0.2, 0) is 0 Å². The third-order valence-corrected chi connectivity index (χ3v) is 1.37. The fourth-order valence-corrected chi connectivity index (χ4v) is 0.865. The number of rotatable bonds is 1. The highest BCUT2D eigenvalue weighted by molar-refractivity contribution is 4.73. The van der Waals surface area contributed by atoms with Crippen molar-refractivity contribution in [1.29, 1.82) is 0 Å². The quantitative estimate of drug-likeness (QED) is 0.527. The summed E-state index contributed by atoms with van der Waals surface area (Å²) >= 11 is 0. The Bertz CT molecular complexity index is 74.6. The van der Waals surface area contributed by atoms with Crippen LogP contribution in [0.25, 0.3) is 0 Å². The molecule has 0 unspecified atom stereocenters. The summed E-state index contributed by atoms with van der Waals surface area (Å²) in [5, 5.41) is 3.24. The molecule has 0 aromatic carbocycles. The van der Waals surface area contributed by atoms with E-state index in [1.54, 1.807) is 0 Å². The smallest absolute Gasteiger partial charge is 0.0676 e. The van der Waals surface area contributed by atoms with E-state index < -0.39 is 0 Å². The van der Waals surface area contributed by atoms with Crippen molar-refractivity contribution in [3.63, 3.8) is 0 Å². The molecule has 0 aromatic rings. The Labute approximate surface area is 50.2 Å². The van der Waals surface area contributed by atoms with E-state index in [-0.39, 0.29) is 0 Å². The minimum Gasteiger partial charge on any atom is -0.365 e. The van der Waals surface area contributed by atoms with Crippen LogP contribution >= 0.6 is 0 Å². The lowest BCUT2D eigenvalue weighted by molar-refractivity contribution is 0.293. The molecule has 1 fully saturated rings. The molecule has 1 heterocycles. The Hall–Kier alpha value is -0.500. The van der Waals surface area contributed by atoms with Crippen LogP contribution in [0.2, 0.25) is 0 Å². The lowest BCUT2D eigenvalue weighted by atomic mass is 10.3. The summed E-state index contributed by atoms with van der Waals surface area (Å²) < 4.78 is 0. The van der Waals surface area contributed by atoms with Gasteiger partial charge in [0, 0.05) is 6.54 Å². The first-order chi connectivity index (χ1) is 3.93. The van der Waals surface area contributed by atoms with Crippen molar-refractivity contribution in [3.8, 4) is 0 Å². The molecule has 2 nitrogen and oxygen atoms in total. The molecule has 0 aliphatic carbocycles. The third kappa shape index (κ3) is 1.23. The minimum absolute atomic E-state index is 0.976. The fraction of sp³-hybridized carbons (Fsp3) is 0.667. The summed E-state index contributed by atoms with van der Waals surface area (Å²) in [6, 6.07) is 0. The van der Waals surface area contributed by atoms with Crippen molar-refractivity contribution < 1.29 is 0 Å². The number of nitrogens with zero attached hydrogens (tertiary/aromatic N) is 1. The van der Waals surface area contributed by atoms with Crippen molar-refractivity contribution in [1.82, 2.24) is 10.2 Å². The lowest BCUT2D eigenvalue weighted by Gasteiger charge is -2.25. The molecule has 1 aliphatic heterocycles. The first-order valence-corrected chi connectivity index (χ1v) is 3.01. The molecule has 46 valence electrons. The molecule has 0 atom stereocenters. The van der Waals surface area contributed by atoms with E-state index in [2.05, 4.69) is 16.8 Å². The summed E-state index contributed by atoms with van der Waals surface area (Å²) in [4.78, 5) is 2.17. The second kappa shape index (κ2) is 2.72. The minimum atomic E-state index is 0.976. The molecule has 0 amide bonds. The van der Waals surface area contributed by atoms with Gasteiger partial charge >= 0.3 is 0 Å². The van der Waals surface area contributed by atoms with E-state index in [0.717, 1.165) is 19.8 Å². The van der Waals surface area contributed by atoms with Crippen molar-refractivity contribution in [2.45, 2.75) is 6.42 Å². The van der Waals surface area contributed by atoms with E-state index in [0.29, 0.717) is 0 Å². The summed E-state index contributed by atoms with van der Waals surface area (Å²) in [7, 11) is 0. The van der Waals surface area contributed by atoms with Crippen LogP contribution in [0.3, 0.4) is 0 Å². The lowest BCUT2D eigenvalue weighted by Crippen LogP contribution is -2.37. The maximum Gasteiger partial charge on any atom is 0.0676 e. The Balaban J connectivity index is 2.22. The van der Waals surface area contributed by atoms with Crippen molar-refractivity contribution in [2.24, 2.45) is 0 Å². The number of hydrogen-bond donors (Lipinski definition) is 1. The molecule has 0 aromatic heterocycles.